The maximum atomic E-state index is 5.60. The quantitative estimate of drug-likeness (QED) is 0.379. The Morgan fingerprint density at radius 2 is 1.93 bits per heavy atom. The summed E-state index contributed by atoms with van der Waals surface area (Å²) >= 11 is 0. The van der Waals surface area contributed by atoms with Gasteiger partial charge in [-0.25, -0.2) is 0 Å². The van der Waals surface area contributed by atoms with E-state index in [4.69, 9.17) is 12.3 Å². The van der Waals surface area contributed by atoms with Crippen LogP contribution in [0.5, 0.6) is 0 Å². The molecule has 0 aliphatic rings. The third kappa shape index (κ3) is 3.83. The van der Waals surface area contributed by atoms with Crippen LogP contribution in [0.4, 0.5) is 0 Å². The molecule has 1 atom stereocenters. The van der Waals surface area contributed by atoms with Gasteiger partial charge in [0.25, 0.3) is 0 Å². The van der Waals surface area contributed by atoms with Gasteiger partial charge in [0.15, 0.2) is 0 Å². The van der Waals surface area contributed by atoms with Crippen molar-refractivity contribution in [1.29, 1.82) is 0 Å². The Bertz CT molecular complexity index is 201. The Balaban J connectivity index is 4.55. The summed E-state index contributed by atoms with van der Waals surface area (Å²) in [6.45, 7) is 10.8. The molecule has 0 amide bonds. The lowest BCUT2D eigenvalue weighted by Crippen LogP contribution is -2.59. The zero-order valence-electron chi connectivity index (χ0n) is 10.5. The minimum Gasteiger partial charge on any atom is -0.297 e. The number of terminal acetylenes is 1. The van der Waals surface area contributed by atoms with Gasteiger partial charge < -0.3 is 0 Å². The first-order valence-electron chi connectivity index (χ1n) is 5.69. The van der Waals surface area contributed by atoms with Crippen LogP contribution < -0.4 is 11.3 Å². The fourth-order valence-electron chi connectivity index (χ4n) is 2.13. The Morgan fingerprint density at radius 3 is 2.27 bits per heavy atom. The van der Waals surface area contributed by atoms with Crippen molar-refractivity contribution in [3.05, 3.63) is 0 Å². The molecular weight excluding hydrogens is 186 g/mol. The minimum absolute atomic E-state index is 0.0368. The number of rotatable bonds is 7. The third-order valence-electron chi connectivity index (χ3n) is 3.21. The molecule has 15 heavy (non-hydrogen) atoms. The Hall–Kier alpha value is -0.560. The van der Waals surface area contributed by atoms with E-state index in [1.807, 2.05) is 0 Å². The Labute approximate surface area is 94.4 Å². The molecule has 0 aliphatic heterocycles. The highest BCUT2D eigenvalue weighted by molar-refractivity contribution is 4.95. The number of nitrogens with two attached hydrogens (primary N) is 1. The zero-order chi connectivity index (χ0) is 11.9. The van der Waals surface area contributed by atoms with Crippen LogP contribution in [0.15, 0.2) is 0 Å². The highest BCUT2D eigenvalue weighted by Crippen LogP contribution is 2.21. The van der Waals surface area contributed by atoms with Crippen molar-refractivity contribution in [2.75, 3.05) is 13.1 Å². The van der Waals surface area contributed by atoms with E-state index in [1.54, 1.807) is 0 Å². The van der Waals surface area contributed by atoms with Crippen LogP contribution in [0, 0.1) is 12.3 Å². The Kier molecular flexibility index (Phi) is 6.58. The molecule has 0 saturated heterocycles. The van der Waals surface area contributed by atoms with Gasteiger partial charge in [-0.05, 0) is 33.4 Å². The van der Waals surface area contributed by atoms with E-state index in [0.717, 1.165) is 25.9 Å². The van der Waals surface area contributed by atoms with E-state index in [0.29, 0.717) is 0 Å². The summed E-state index contributed by atoms with van der Waals surface area (Å²) in [7, 11) is 0. The van der Waals surface area contributed by atoms with Crippen molar-refractivity contribution in [2.24, 2.45) is 5.84 Å². The van der Waals surface area contributed by atoms with Crippen LogP contribution in [0.25, 0.3) is 0 Å². The van der Waals surface area contributed by atoms with Gasteiger partial charge in [0.1, 0.15) is 0 Å². The van der Waals surface area contributed by atoms with Crippen LogP contribution in [0.2, 0.25) is 0 Å². The van der Waals surface area contributed by atoms with Crippen LogP contribution in [0.1, 0.15) is 40.5 Å². The first-order chi connectivity index (χ1) is 7.04. The standard InChI is InChI=1S/C12H25N3/c1-6-9-10-11(14-13)12(4,5)15(7-2)8-3/h1,11,14H,7-10,13H2,2-5H3. The van der Waals surface area contributed by atoms with Gasteiger partial charge in [-0.15, -0.1) is 12.3 Å². The lowest BCUT2D eigenvalue weighted by atomic mass is 9.89. The normalized spacial score (nSPS) is 13.9. The van der Waals surface area contributed by atoms with Crippen LogP contribution in [0.3, 0.4) is 0 Å². The Morgan fingerprint density at radius 1 is 1.40 bits per heavy atom. The number of nitrogens with one attached hydrogen (secondary N) is 1. The fourth-order valence-corrected chi connectivity index (χ4v) is 2.13. The second-order valence-electron chi connectivity index (χ2n) is 4.29. The SMILES string of the molecule is C#CCCC(NN)C(C)(C)N(CC)CC. The van der Waals surface area contributed by atoms with E-state index in [2.05, 4.69) is 43.9 Å². The third-order valence-corrected chi connectivity index (χ3v) is 3.21. The molecular formula is C12H25N3. The second kappa shape index (κ2) is 6.84. The van der Waals surface area contributed by atoms with E-state index in [-0.39, 0.29) is 11.6 Å². The number of hydrazine groups is 1. The molecule has 3 nitrogen and oxygen atoms in total. The van der Waals surface area contributed by atoms with Gasteiger partial charge in [0.2, 0.25) is 0 Å². The van der Waals surface area contributed by atoms with Gasteiger partial charge >= 0.3 is 0 Å². The average molecular weight is 211 g/mol. The number of likely N-dealkylation sites (N-methyl/N-ethyl adjacent to an activating group) is 1. The van der Waals surface area contributed by atoms with Gasteiger partial charge in [0.05, 0.1) is 0 Å². The lowest BCUT2D eigenvalue weighted by Gasteiger charge is -2.43. The fraction of sp³-hybridized carbons (Fsp3) is 0.833. The minimum atomic E-state index is 0.0368. The second-order valence-corrected chi connectivity index (χ2v) is 4.29. The van der Waals surface area contributed by atoms with Crippen molar-refractivity contribution in [3.63, 3.8) is 0 Å². The van der Waals surface area contributed by atoms with E-state index >= 15 is 0 Å². The van der Waals surface area contributed by atoms with Crippen LogP contribution >= 0.6 is 0 Å². The summed E-state index contributed by atoms with van der Waals surface area (Å²) in [4.78, 5) is 2.40. The molecule has 88 valence electrons. The predicted octanol–water partition coefficient (Wildman–Crippen LogP) is 1.35. The summed E-state index contributed by atoms with van der Waals surface area (Å²) in [6, 6.07) is 0.230. The average Bonchev–Trinajstić information content (AvgIpc) is 2.20. The summed E-state index contributed by atoms with van der Waals surface area (Å²) in [5, 5.41) is 0. The number of hydrogen-bond acceptors (Lipinski definition) is 3. The van der Waals surface area contributed by atoms with Gasteiger partial charge in [-0.2, -0.15) is 0 Å². The molecule has 3 N–H and O–H groups in total. The lowest BCUT2D eigenvalue weighted by molar-refractivity contribution is 0.0882. The zero-order valence-corrected chi connectivity index (χ0v) is 10.5. The largest absolute Gasteiger partial charge is 0.297 e. The van der Waals surface area contributed by atoms with Crippen LogP contribution in [-0.2, 0) is 0 Å². The number of nitrogens with zero attached hydrogens (tertiary/aromatic N) is 1. The summed E-state index contributed by atoms with van der Waals surface area (Å²) < 4.78 is 0. The van der Waals surface area contributed by atoms with E-state index < -0.39 is 0 Å². The van der Waals surface area contributed by atoms with Crippen molar-refractivity contribution in [1.82, 2.24) is 10.3 Å². The molecule has 0 heterocycles. The van der Waals surface area contributed by atoms with Crippen molar-refractivity contribution < 1.29 is 0 Å². The van der Waals surface area contributed by atoms with Crippen LogP contribution in [-0.4, -0.2) is 29.6 Å². The highest BCUT2D eigenvalue weighted by atomic mass is 15.3. The molecule has 0 aromatic heterocycles. The molecule has 0 bridgehead atoms. The molecule has 0 aliphatic carbocycles. The summed E-state index contributed by atoms with van der Waals surface area (Å²) in [5.41, 5.74) is 2.93. The van der Waals surface area contributed by atoms with Crippen molar-refractivity contribution in [2.45, 2.75) is 52.1 Å². The molecule has 0 aromatic carbocycles. The first kappa shape index (κ1) is 14.4. The molecule has 0 spiro atoms. The predicted molar refractivity (Wildman–Crippen MR) is 66.2 cm³/mol. The van der Waals surface area contributed by atoms with Crippen molar-refractivity contribution in [3.8, 4) is 12.3 Å². The maximum Gasteiger partial charge on any atom is 0.0398 e. The first-order valence-corrected chi connectivity index (χ1v) is 5.69. The van der Waals surface area contributed by atoms with Gasteiger partial charge in [-0.3, -0.25) is 16.2 Å². The topological polar surface area (TPSA) is 41.3 Å². The molecule has 3 heteroatoms. The van der Waals surface area contributed by atoms with Crippen molar-refractivity contribution >= 4 is 0 Å². The van der Waals surface area contributed by atoms with E-state index in [1.165, 1.54) is 0 Å². The van der Waals surface area contributed by atoms with Gasteiger partial charge in [0, 0.05) is 18.0 Å². The monoisotopic (exact) mass is 211 g/mol. The molecule has 1 unspecified atom stereocenters. The smallest absolute Gasteiger partial charge is 0.0398 e. The molecule has 0 aromatic rings. The van der Waals surface area contributed by atoms with Gasteiger partial charge in [-0.1, -0.05) is 13.8 Å². The van der Waals surface area contributed by atoms with E-state index in [9.17, 15) is 0 Å². The number of hydrogen-bond donors (Lipinski definition) is 2. The summed E-state index contributed by atoms with van der Waals surface area (Å²) in [5.74, 6) is 8.27. The maximum absolute atomic E-state index is 5.60. The highest BCUT2D eigenvalue weighted by Gasteiger charge is 2.32. The molecule has 0 saturated carbocycles. The molecule has 0 radical (unpaired) electrons. The summed E-state index contributed by atoms with van der Waals surface area (Å²) in [6.07, 6.45) is 6.96. The molecule has 0 fully saturated rings. The molecule has 0 rings (SSSR count).